The van der Waals surface area contributed by atoms with Crippen molar-refractivity contribution in [2.24, 2.45) is 5.92 Å². The van der Waals surface area contributed by atoms with Gasteiger partial charge in [-0.1, -0.05) is 0 Å². The summed E-state index contributed by atoms with van der Waals surface area (Å²) in [6.07, 6.45) is 5.49. The van der Waals surface area contributed by atoms with Crippen LogP contribution < -0.4 is 0 Å². The zero-order valence-corrected chi connectivity index (χ0v) is 9.13. The highest BCUT2D eigenvalue weighted by atomic mass is 16.5. The molecule has 1 aliphatic rings. The molecule has 16 heavy (non-hydrogen) atoms. The number of rotatable bonds is 5. The smallest absolute Gasteiger partial charge is 0.303 e. The standard InChI is InChI=1S/C11H16N2O3/c14-11(15)2-1-9-5-12-13(6-9)7-10-3-4-16-8-10/h5-6,10H,1-4,7-8H2,(H,14,15)/t10-/m1/s1. The molecule has 0 aromatic carbocycles. The summed E-state index contributed by atoms with van der Waals surface area (Å²) in [5.41, 5.74) is 0.987. The van der Waals surface area contributed by atoms with Crippen molar-refractivity contribution in [3.8, 4) is 0 Å². The lowest BCUT2D eigenvalue weighted by Gasteiger charge is -2.06. The highest BCUT2D eigenvalue weighted by Crippen LogP contribution is 2.14. The van der Waals surface area contributed by atoms with E-state index in [1.807, 2.05) is 10.9 Å². The maximum Gasteiger partial charge on any atom is 0.303 e. The molecule has 0 unspecified atom stereocenters. The molecule has 1 aliphatic heterocycles. The van der Waals surface area contributed by atoms with Crippen molar-refractivity contribution in [2.45, 2.75) is 25.8 Å². The molecule has 2 rings (SSSR count). The summed E-state index contributed by atoms with van der Waals surface area (Å²) in [5.74, 6) is -0.218. The number of aryl methyl sites for hydroxylation is 1. The van der Waals surface area contributed by atoms with Crippen LogP contribution in [-0.4, -0.2) is 34.1 Å². The molecule has 0 aliphatic carbocycles. The molecule has 0 bridgehead atoms. The van der Waals surface area contributed by atoms with E-state index in [2.05, 4.69) is 5.10 Å². The molecule has 88 valence electrons. The van der Waals surface area contributed by atoms with Crippen LogP contribution in [-0.2, 0) is 22.5 Å². The minimum absolute atomic E-state index is 0.165. The quantitative estimate of drug-likeness (QED) is 0.808. The second-order valence-electron chi connectivity index (χ2n) is 4.19. The number of carboxylic acids is 1. The van der Waals surface area contributed by atoms with E-state index in [9.17, 15) is 4.79 Å². The Kier molecular flexibility index (Phi) is 3.56. The molecular weight excluding hydrogens is 208 g/mol. The van der Waals surface area contributed by atoms with Crippen LogP contribution in [0.2, 0.25) is 0 Å². The van der Waals surface area contributed by atoms with Crippen molar-refractivity contribution in [3.63, 3.8) is 0 Å². The van der Waals surface area contributed by atoms with Crippen molar-refractivity contribution < 1.29 is 14.6 Å². The minimum atomic E-state index is -0.767. The zero-order chi connectivity index (χ0) is 11.4. The van der Waals surface area contributed by atoms with Gasteiger partial charge in [0.2, 0.25) is 0 Å². The van der Waals surface area contributed by atoms with E-state index in [-0.39, 0.29) is 6.42 Å². The van der Waals surface area contributed by atoms with Crippen LogP contribution in [0.15, 0.2) is 12.4 Å². The normalized spacial score (nSPS) is 20.1. The molecule has 1 saturated heterocycles. The first-order chi connectivity index (χ1) is 7.74. The Labute approximate surface area is 94.0 Å². The van der Waals surface area contributed by atoms with Crippen LogP contribution in [0.5, 0.6) is 0 Å². The lowest BCUT2D eigenvalue weighted by molar-refractivity contribution is -0.136. The summed E-state index contributed by atoms with van der Waals surface area (Å²) in [6, 6.07) is 0. The monoisotopic (exact) mass is 224 g/mol. The number of aromatic nitrogens is 2. The molecule has 0 saturated carbocycles. The highest BCUT2D eigenvalue weighted by molar-refractivity contribution is 5.67. The summed E-state index contributed by atoms with van der Waals surface area (Å²) in [7, 11) is 0. The van der Waals surface area contributed by atoms with E-state index in [0.717, 1.165) is 31.7 Å². The summed E-state index contributed by atoms with van der Waals surface area (Å²) in [5, 5.41) is 12.8. The van der Waals surface area contributed by atoms with Crippen LogP contribution in [0.3, 0.4) is 0 Å². The lowest BCUT2D eigenvalue weighted by atomic mass is 10.1. The molecule has 5 heteroatoms. The van der Waals surface area contributed by atoms with Crippen molar-refractivity contribution in [1.82, 2.24) is 9.78 Å². The number of ether oxygens (including phenoxy) is 1. The first kappa shape index (κ1) is 11.1. The summed E-state index contributed by atoms with van der Waals surface area (Å²) >= 11 is 0. The van der Waals surface area contributed by atoms with Crippen molar-refractivity contribution in [2.75, 3.05) is 13.2 Å². The van der Waals surface area contributed by atoms with Gasteiger partial charge in [-0.25, -0.2) is 0 Å². The Balaban J connectivity index is 1.84. The van der Waals surface area contributed by atoms with Gasteiger partial charge in [-0.15, -0.1) is 0 Å². The number of carbonyl (C=O) groups is 1. The molecule has 1 N–H and O–H groups in total. The van der Waals surface area contributed by atoms with Gasteiger partial charge in [0.1, 0.15) is 0 Å². The molecular formula is C11H16N2O3. The average molecular weight is 224 g/mol. The Morgan fingerprint density at radius 2 is 2.56 bits per heavy atom. The van der Waals surface area contributed by atoms with Crippen molar-refractivity contribution >= 4 is 5.97 Å². The Morgan fingerprint density at radius 3 is 3.25 bits per heavy atom. The molecule has 1 atom stereocenters. The largest absolute Gasteiger partial charge is 0.481 e. The fourth-order valence-corrected chi connectivity index (χ4v) is 1.88. The highest BCUT2D eigenvalue weighted by Gasteiger charge is 2.16. The Morgan fingerprint density at radius 1 is 1.69 bits per heavy atom. The summed E-state index contributed by atoms with van der Waals surface area (Å²) in [4.78, 5) is 10.4. The van der Waals surface area contributed by atoms with E-state index in [0.29, 0.717) is 12.3 Å². The van der Waals surface area contributed by atoms with Gasteiger partial charge < -0.3 is 9.84 Å². The van der Waals surface area contributed by atoms with Gasteiger partial charge in [0.05, 0.1) is 12.8 Å². The number of nitrogens with zero attached hydrogens (tertiary/aromatic N) is 2. The fourth-order valence-electron chi connectivity index (χ4n) is 1.88. The van der Waals surface area contributed by atoms with E-state index < -0.39 is 5.97 Å². The Hall–Kier alpha value is -1.36. The van der Waals surface area contributed by atoms with E-state index >= 15 is 0 Å². The van der Waals surface area contributed by atoms with Crippen LogP contribution >= 0.6 is 0 Å². The van der Waals surface area contributed by atoms with Gasteiger partial charge >= 0.3 is 5.97 Å². The predicted octanol–water partition coefficient (Wildman–Crippen LogP) is 0.937. The second-order valence-corrected chi connectivity index (χ2v) is 4.19. The fraction of sp³-hybridized carbons (Fsp3) is 0.636. The topological polar surface area (TPSA) is 64.3 Å². The first-order valence-electron chi connectivity index (χ1n) is 5.55. The average Bonchev–Trinajstić information content (AvgIpc) is 2.87. The number of hydrogen-bond acceptors (Lipinski definition) is 3. The molecule has 0 spiro atoms. The maximum atomic E-state index is 10.4. The molecule has 0 amide bonds. The number of hydrogen-bond donors (Lipinski definition) is 1. The van der Waals surface area contributed by atoms with Crippen LogP contribution in [0.25, 0.3) is 0 Å². The van der Waals surface area contributed by atoms with E-state index in [1.165, 1.54) is 0 Å². The molecule has 1 fully saturated rings. The van der Waals surface area contributed by atoms with Gasteiger partial charge in [-0.2, -0.15) is 5.10 Å². The van der Waals surface area contributed by atoms with Gasteiger partial charge in [-0.3, -0.25) is 9.48 Å². The van der Waals surface area contributed by atoms with Gasteiger partial charge in [0, 0.05) is 31.7 Å². The van der Waals surface area contributed by atoms with E-state index in [1.54, 1.807) is 6.20 Å². The second kappa shape index (κ2) is 5.12. The van der Waals surface area contributed by atoms with Gasteiger partial charge in [-0.05, 0) is 18.4 Å². The minimum Gasteiger partial charge on any atom is -0.481 e. The predicted molar refractivity (Wildman–Crippen MR) is 57.1 cm³/mol. The Bertz CT molecular complexity index is 356. The van der Waals surface area contributed by atoms with Gasteiger partial charge in [0.25, 0.3) is 0 Å². The number of carboxylic acid groups (broad SMARTS) is 1. The van der Waals surface area contributed by atoms with E-state index in [4.69, 9.17) is 9.84 Å². The van der Waals surface area contributed by atoms with Crippen LogP contribution in [0, 0.1) is 5.92 Å². The van der Waals surface area contributed by atoms with Crippen molar-refractivity contribution in [3.05, 3.63) is 18.0 Å². The summed E-state index contributed by atoms with van der Waals surface area (Å²) in [6.45, 7) is 2.52. The maximum absolute atomic E-state index is 10.4. The van der Waals surface area contributed by atoms with Crippen LogP contribution in [0.4, 0.5) is 0 Å². The SMILES string of the molecule is O=C(O)CCc1cnn(C[C@H]2CCOC2)c1. The van der Waals surface area contributed by atoms with Gasteiger partial charge in [0.15, 0.2) is 0 Å². The summed E-state index contributed by atoms with van der Waals surface area (Å²) < 4.78 is 7.18. The molecule has 1 aromatic heterocycles. The molecule has 5 nitrogen and oxygen atoms in total. The lowest BCUT2D eigenvalue weighted by Crippen LogP contribution is -2.10. The number of aliphatic carboxylic acids is 1. The zero-order valence-electron chi connectivity index (χ0n) is 9.13. The molecule has 0 radical (unpaired) electrons. The van der Waals surface area contributed by atoms with Crippen LogP contribution in [0.1, 0.15) is 18.4 Å². The third-order valence-corrected chi connectivity index (χ3v) is 2.78. The molecule has 1 aromatic rings. The van der Waals surface area contributed by atoms with Crippen molar-refractivity contribution in [1.29, 1.82) is 0 Å². The third-order valence-electron chi connectivity index (χ3n) is 2.78. The third kappa shape index (κ3) is 3.06. The first-order valence-corrected chi connectivity index (χ1v) is 5.55. The molecule has 2 heterocycles.